The number of ether oxygens (including phenoxy) is 1. The monoisotopic (exact) mass is 173 g/mol. The third kappa shape index (κ3) is 5.13. The Balaban J connectivity index is 3.61. The number of hydrogen-bond donors (Lipinski definition) is 1. The lowest BCUT2D eigenvalue weighted by atomic mass is 10.0. The van der Waals surface area contributed by atoms with Gasteiger partial charge in [0.05, 0.1) is 6.61 Å². The SMILES string of the molecule is CCC[C@@H](CN)CC(=O)OCC. The lowest BCUT2D eigenvalue weighted by Crippen LogP contribution is -2.19. The Bertz CT molecular complexity index is 126. The fraction of sp³-hybridized carbons (Fsp3) is 0.889. The van der Waals surface area contributed by atoms with Crippen LogP contribution >= 0.6 is 0 Å². The van der Waals surface area contributed by atoms with Gasteiger partial charge in [0.2, 0.25) is 0 Å². The molecule has 0 fully saturated rings. The summed E-state index contributed by atoms with van der Waals surface area (Å²) in [6.07, 6.45) is 2.55. The molecular formula is C9H19NO2. The maximum Gasteiger partial charge on any atom is 0.306 e. The van der Waals surface area contributed by atoms with Gasteiger partial charge in [-0.1, -0.05) is 13.3 Å². The van der Waals surface area contributed by atoms with Crippen LogP contribution in [0.4, 0.5) is 0 Å². The predicted octanol–water partition coefficient (Wildman–Crippen LogP) is 1.31. The molecule has 0 saturated carbocycles. The van der Waals surface area contributed by atoms with Gasteiger partial charge in [-0.3, -0.25) is 4.79 Å². The predicted molar refractivity (Wildman–Crippen MR) is 48.7 cm³/mol. The van der Waals surface area contributed by atoms with Crippen LogP contribution in [0.1, 0.15) is 33.1 Å². The Morgan fingerprint density at radius 3 is 2.58 bits per heavy atom. The van der Waals surface area contributed by atoms with Gasteiger partial charge in [0.1, 0.15) is 0 Å². The molecule has 3 heteroatoms. The van der Waals surface area contributed by atoms with Gasteiger partial charge in [-0.05, 0) is 25.8 Å². The van der Waals surface area contributed by atoms with Crippen molar-refractivity contribution in [3.8, 4) is 0 Å². The van der Waals surface area contributed by atoms with Crippen molar-refractivity contribution in [2.24, 2.45) is 11.7 Å². The molecule has 1 atom stereocenters. The molecule has 72 valence electrons. The molecule has 0 aromatic rings. The highest BCUT2D eigenvalue weighted by atomic mass is 16.5. The molecule has 0 aliphatic rings. The highest BCUT2D eigenvalue weighted by Gasteiger charge is 2.11. The molecule has 0 rings (SSSR count). The fourth-order valence-corrected chi connectivity index (χ4v) is 1.17. The number of hydrogen-bond acceptors (Lipinski definition) is 3. The van der Waals surface area contributed by atoms with Crippen LogP contribution < -0.4 is 5.73 Å². The molecule has 0 aliphatic carbocycles. The largest absolute Gasteiger partial charge is 0.466 e. The first-order valence-corrected chi connectivity index (χ1v) is 4.60. The average molecular weight is 173 g/mol. The van der Waals surface area contributed by atoms with Crippen molar-refractivity contribution >= 4 is 5.97 Å². The Morgan fingerprint density at radius 2 is 2.17 bits per heavy atom. The first-order valence-electron chi connectivity index (χ1n) is 4.60. The highest BCUT2D eigenvalue weighted by Crippen LogP contribution is 2.09. The molecule has 0 amide bonds. The van der Waals surface area contributed by atoms with E-state index in [4.69, 9.17) is 10.5 Å². The fourth-order valence-electron chi connectivity index (χ4n) is 1.17. The first kappa shape index (κ1) is 11.4. The standard InChI is InChI=1S/C9H19NO2/c1-3-5-8(7-10)6-9(11)12-4-2/h8H,3-7,10H2,1-2H3/t8-/m1/s1. The molecule has 0 unspecified atom stereocenters. The third-order valence-electron chi connectivity index (χ3n) is 1.79. The van der Waals surface area contributed by atoms with E-state index in [2.05, 4.69) is 6.92 Å². The Labute approximate surface area is 74.3 Å². The van der Waals surface area contributed by atoms with Gasteiger partial charge in [-0.15, -0.1) is 0 Å². The molecule has 0 radical (unpaired) electrons. The summed E-state index contributed by atoms with van der Waals surface area (Å²) in [7, 11) is 0. The molecule has 3 nitrogen and oxygen atoms in total. The maximum atomic E-state index is 11.0. The maximum absolute atomic E-state index is 11.0. The molecule has 0 aromatic carbocycles. The molecule has 2 N–H and O–H groups in total. The summed E-state index contributed by atoms with van der Waals surface area (Å²) in [5.74, 6) is 0.176. The average Bonchev–Trinajstić information content (AvgIpc) is 2.04. The van der Waals surface area contributed by atoms with Crippen LogP contribution in [0.2, 0.25) is 0 Å². The van der Waals surface area contributed by atoms with E-state index in [-0.39, 0.29) is 5.97 Å². The smallest absolute Gasteiger partial charge is 0.306 e. The van der Waals surface area contributed by atoms with E-state index in [0.29, 0.717) is 25.5 Å². The van der Waals surface area contributed by atoms with E-state index in [1.807, 2.05) is 6.92 Å². The van der Waals surface area contributed by atoms with Gasteiger partial charge >= 0.3 is 5.97 Å². The van der Waals surface area contributed by atoms with Crippen molar-refractivity contribution in [2.45, 2.75) is 33.1 Å². The van der Waals surface area contributed by atoms with E-state index in [9.17, 15) is 4.79 Å². The van der Waals surface area contributed by atoms with Crippen LogP contribution in [-0.4, -0.2) is 19.1 Å². The summed E-state index contributed by atoms with van der Waals surface area (Å²) in [6.45, 7) is 4.94. The van der Waals surface area contributed by atoms with Gasteiger partial charge in [0, 0.05) is 6.42 Å². The second-order valence-electron chi connectivity index (χ2n) is 2.90. The van der Waals surface area contributed by atoms with Gasteiger partial charge in [0.15, 0.2) is 0 Å². The normalized spacial score (nSPS) is 12.6. The zero-order chi connectivity index (χ0) is 9.40. The molecule has 0 heterocycles. The quantitative estimate of drug-likeness (QED) is 0.616. The van der Waals surface area contributed by atoms with Gasteiger partial charge in [-0.25, -0.2) is 0 Å². The van der Waals surface area contributed by atoms with Crippen LogP contribution in [0.15, 0.2) is 0 Å². The number of rotatable bonds is 6. The lowest BCUT2D eigenvalue weighted by molar-refractivity contribution is -0.144. The number of carbonyl (C=O) groups is 1. The molecule has 0 saturated heterocycles. The zero-order valence-corrected chi connectivity index (χ0v) is 8.01. The minimum atomic E-state index is -0.124. The molecule has 0 bridgehead atoms. The summed E-state index contributed by atoms with van der Waals surface area (Å²) in [4.78, 5) is 11.0. The van der Waals surface area contributed by atoms with Crippen LogP contribution in [0.25, 0.3) is 0 Å². The second-order valence-corrected chi connectivity index (χ2v) is 2.90. The van der Waals surface area contributed by atoms with Crippen LogP contribution in [0.3, 0.4) is 0 Å². The van der Waals surface area contributed by atoms with Crippen molar-refractivity contribution in [1.82, 2.24) is 0 Å². The number of nitrogens with two attached hydrogens (primary N) is 1. The van der Waals surface area contributed by atoms with E-state index in [1.54, 1.807) is 0 Å². The van der Waals surface area contributed by atoms with Crippen LogP contribution in [-0.2, 0) is 9.53 Å². The van der Waals surface area contributed by atoms with Crippen LogP contribution in [0.5, 0.6) is 0 Å². The topological polar surface area (TPSA) is 52.3 Å². The van der Waals surface area contributed by atoms with Crippen molar-refractivity contribution in [3.63, 3.8) is 0 Å². The molecule has 0 aromatic heterocycles. The third-order valence-corrected chi connectivity index (χ3v) is 1.79. The summed E-state index contributed by atoms with van der Waals surface area (Å²) in [5, 5.41) is 0. The minimum Gasteiger partial charge on any atom is -0.466 e. The van der Waals surface area contributed by atoms with E-state index in [1.165, 1.54) is 0 Å². The minimum absolute atomic E-state index is 0.124. The van der Waals surface area contributed by atoms with E-state index < -0.39 is 0 Å². The van der Waals surface area contributed by atoms with Gasteiger partial charge in [-0.2, -0.15) is 0 Å². The Morgan fingerprint density at radius 1 is 1.50 bits per heavy atom. The summed E-state index contributed by atoms with van der Waals surface area (Å²) < 4.78 is 4.83. The number of carbonyl (C=O) groups excluding carboxylic acids is 1. The van der Waals surface area contributed by atoms with Crippen LogP contribution in [0, 0.1) is 5.92 Å². The summed E-state index contributed by atoms with van der Waals surface area (Å²) in [6, 6.07) is 0. The first-order chi connectivity index (χ1) is 5.74. The van der Waals surface area contributed by atoms with Gasteiger partial charge in [0.25, 0.3) is 0 Å². The molecule has 0 aliphatic heterocycles. The Kier molecular flexibility index (Phi) is 6.76. The molecule has 0 spiro atoms. The van der Waals surface area contributed by atoms with Crippen molar-refractivity contribution < 1.29 is 9.53 Å². The molecular weight excluding hydrogens is 154 g/mol. The van der Waals surface area contributed by atoms with Crippen molar-refractivity contribution in [1.29, 1.82) is 0 Å². The summed E-state index contributed by atoms with van der Waals surface area (Å²) >= 11 is 0. The highest BCUT2D eigenvalue weighted by molar-refractivity contribution is 5.69. The van der Waals surface area contributed by atoms with Crippen molar-refractivity contribution in [2.75, 3.05) is 13.2 Å². The van der Waals surface area contributed by atoms with E-state index in [0.717, 1.165) is 12.8 Å². The van der Waals surface area contributed by atoms with Gasteiger partial charge < -0.3 is 10.5 Å². The summed E-state index contributed by atoms with van der Waals surface area (Å²) in [5.41, 5.74) is 5.50. The second kappa shape index (κ2) is 7.10. The number of esters is 1. The van der Waals surface area contributed by atoms with E-state index >= 15 is 0 Å². The Hall–Kier alpha value is -0.570. The lowest BCUT2D eigenvalue weighted by Gasteiger charge is -2.11. The molecule has 12 heavy (non-hydrogen) atoms. The van der Waals surface area contributed by atoms with Crippen molar-refractivity contribution in [3.05, 3.63) is 0 Å². The zero-order valence-electron chi connectivity index (χ0n) is 8.01.